The molecule has 1 fully saturated rings. The van der Waals surface area contributed by atoms with Crippen molar-refractivity contribution in [3.05, 3.63) is 41.5 Å². The number of aryl methyl sites for hydroxylation is 2. The van der Waals surface area contributed by atoms with Crippen LogP contribution in [0, 0.1) is 18.6 Å². The Kier molecular flexibility index (Phi) is 6.78. The van der Waals surface area contributed by atoms with Crippen molar-refractivity contribution in [3.63, 3.8) is 0 Å². The molecule has 0 bridgehead atoms. The van der Waals surface area contributed by atoms with Crippen molar-refractivity contribution in [1.29, 1.82) is 0 Å². The van der Waals surface area contributed by atoms with Gasteiger partial charge < -0.3 is 20.1 Å². The minimum absolute atomic E-state index is 0.140. The summed E-state index contributed by atoms with van der Waals surface area (Å²) in [5, 5.41) is 10.4. The standard InChI is InChI=1S/C19H26F2N6O/c1-3-22-19(23-9-4-5-18-24-13(2)26-28-18)25-15-8-10-27(12-15)17-7-6-14(20)11-16(17)21/h6-7,11,15H,3-5,8-10,12H2,1-2H3,(H2,22,23,25). The second kappa shape index (κ2) is 9.48. The molecule has 1 aliphatic heterocycles. The van der Waals surface area contributed by atoms with E-state index in [1.54, 1.807) is 6.92 Å². The van der Waals surface area contributed by atoms with Gasteiger partial charge in [0, 0.05) is 44.7 Å². The summed E-state index contributed by atoms with van der Waals surface area (Å²) in [5.74, 6) is 0.899. The minimum atomic E-state index is -0.563. The molecule has 2 heterocycles. The summed E-state index contributed by atoms with van der Waals surface area (Å²) in [6.07, 6.45) is 2.34. The Hall–Kier alpha value is -2.71. The number of hydrogen-bond acceptors (Lipinski definition) is 5. The van der Waals surface area contributed by atoms with E-state index in [4.69, 9.17) is 4.52 Å². The number of anilines is 1. The first-order valence-corrected chi connectivity index (χ1v) is 9.59. The second-order valence-electron chi connectivity index (χ2n) is 6.77. The SMILES string of the molecule is CCNC(=NCCCc1nc(C)no1)NC1CCN(c2ccc(F)cc2F)C1. The zero-order chi connectivity index (χ0) is 19.9. The van der Waals surface area contributed by atoms with E-state index in [-0.39, 0.29) is 6.04 Å². The molecule has 9 heteroatoms. The molecule has 0 saturated carbocycles. The molecular formula is C19H26F2N6O. The van der Waals surface area contributed by atoms with Crippen molar-refractivity contribution in [2.75, 3.05) is 31.1 Å². The number of aromatic nitrogens is 2. The molecule has 0 radical (unpaired) electrons. The molecule has 7 nitrogen and oxygen atoms in total. The number of hydrogen-bond donors (Lipinski definition) is 2. The quantitative estimate of drug-likeness (QED) is 0.428. The van der Waals surface area contributed by atoms with Gasteiger partial charge in [0.2, 0.25) is 5.89 Å². The van der Waals surface area contributed by atoms with Gasteiger partial charge in [0.25, 0.3) is 0 Å². The zero-order valence-electron chi connectivity index (χ0n) is 16.2. The van der Waals surface area contributed by atoms with Gasteiger partial charge in [-0.2, -0.15) is 4.98 Å². The maximum absolute atomic E-state index is 14.0. The van der Waals surface area contributed by atoms with Crippen molar-refractivity contribution in [2.24, 2.45) is 4.99 Å². The average Bonchev–Trinajstić information content (AvgIpc) is 3.28. The molecular weight excluding hydrogens is 366 g/mol. The molecule has 0 aliphatic carbocycles. The Morgan fingerprint density at radius 3 is 2.96 bits per heavy atom. The van der Waals surface area contributed by atoms with Gasteiger partial charge in [0.1, 0.15) is 11.6 Å². The maximum atomic E-state index is 14.0. The van der Waals surface area contributed by atoms with Crippen molar-refractivity contribution in [3.8, 4) is 0 Å². The van der Waals surface area contributed by atoms with E-state index >= 15 is 0 Å². The monoisotopic (exact) mass is 392 g/mol. The fraction of sp³-hybridized carbons (Fsp3) is 0.526. The third-order valence-corrected chi connectivity index (χ3v) is 4.51. The van der Waals surface area contributed by atoms with Crippen LogP contribution in [0.25, 0.3) is 0 Å². The van der Waals surface area contributed by atoms with Crippen molar-refractivity contribution in [2.45, 2.75) is 39.2 Å². The van der Waals surface area contributed by atoms with Gasteiger partial charge in [-0.3, -0.25) is 4.99 Å². The smallest absolute Gasteiger partial charge is 0.226 e. The maximum Gasteiger partial charge on any atom is 0.226 e. The van der Waals surface area contributed by atoms with Gasteiger partial charge in [0.15, 0.2) is 11.8 Å². The van der Waals surface area contributed by atoms with Crippen LogP contribution >= 0.6 is 0 Å². The zero-order valence-corrected chi connectivity index (χ0v) is 16.2. The molecule has 1 aromatic carbocycles. The first kappa shape index (κ1) is 20.0. The van der Waals surface area contributed by atoms with E-state index in [1.807, 2.05) is 11.8 Å². The topological polar surface area (TPSA) is 78.6 Å². The Morgan fingerprint density at radius 2 is 2.25 bits per heavy atom. The van der Waals surface area contributed by atoms with Crippen LogP contribution in [0.2, 0.25) is 0 Å². The highest BCUT2D eigenvalue weighted by Gasteiger charge is 2.25. The predicted octanol–water partition coefficient (Wildman–Crippen LogP) is 2.42. The normalized spacial score (nSPS) is 17.2. The number of halogens is 2. The van der Waals surface area contributed by atoms with Crippen LogP contribution in [-0.4, -0.2) is 48.3 Å². The lowest BCUT2D eigenvalue weighted by Gasteiger charge is -2.21. The Morgan fingerprint density at radius 1 is 1.39 bits per heavy atom. The molecule has 2 aromatic rings. The summed E-state index contributed by atoms with van der Waals surface area (Å²) in [6, 6.07) is 3.84. The van der Waals surface area contributed by atoms with Gasteiger partial charge in [-0.15, -0.1) is 0 Å². The first-order chi connectivity index (χ1) is 13.5. The highest BCUT2D eigenvalue weighted by molar-refractivity contribution is 5.80. The largest absolute Gasteiger partial charge is 0.367 e. The number of nitrogens with one attached hydrogen (secondary N) is 2. The molecule has 28 heavy (non-hydrogen) atoms. The summed E-state index contributed by atoms with van der Waals surface area (Å²) >= 11 is 0. The van der Waals surface area contributed by atoms with Gasteiger partial charge in [0.05, 0.1) is 5.69 Å². The molecule has 3 rings (SSSR count). The van der Waals surface area contributed by atoms with Crippen molar-refractivity contribution in [1.82, 2.24) is 20.8 Å². The molecule has 1 unspecified atom stereocenters. The van der Waals surface area contributed by atoms with Gasteiger partial charge in [-0.05, 0) is 38.8 Å². The molecule has 1 atom stereocenters. The van der Waals surface area contributed by atoms with Gasteiger partial charge in [-0.25, -0.2) is 8.78 Å². The van der Waals surface area contributed by atoms with E-state index in [0.717, 1.165) is 31.4 Å². The van der Waals surface area contributed by atoms with Crippen molar-refractivity contribution < 1.29 is 13.3 Å². The lowest BCUT2D eigenvalue weighted by Crippen LogP contribution is -2.44. The van der Waals surface area contributed by atoms with E-state index in [9.17, 15) is 8.78 Å². The summed E-state index contributed by atoms with van der Waals surface area (Å²) in [7, 11) is 0. The van der Waals surface area contributed by atoms with Crippen LogP contribution in [0.4, 0.5) is 14.5 Å². The summed E-state index contributed by atoms with van der Waals surface area (Å²) in [6.45, 7) is 6.51. The molecule has 0 amide bonds. The molecule has 1 aromatic heterocycles. The number of nitrogens with zero attached hydrogens (tertiary/aromatic N) is 4. The average molecular weight is 392 g/mol. The third kappa shape index (κ3) is 5.40. The molecule has 152 valence electrons. The molecule has 1 saturated heterocycles. The first-order valence-electron chi connectivity index (χ1n) is 9.59. The predicted molar refractivity (Wildman–Crippen MR) is 103 cm³/mol. The Labute approximate surface area is 163 Å². The summed E-state index contributed by atoms with van der Waals surface area (Å²) in [5.41, 5.74) is 0.433. The lowest BCUT2D eigenvalue weighted by molar-refractivity contribution is 0.372. The molecule has 1 aliphatic rings. The van der Waals surface area contributed by atoms with Crippen molar-refractivity contribution >= 4 is 11.6 Å². The van der Waals surface area contributed by atoms with E-state index in [0.29, 0.717) is 43.5 Å². The third-order valence-electron chi connectivity index (χ3n) is 4.51. The number of rotatable bonds is 7. The van der Waals surface area contributed by atoms with Crippen LogP contribution in [0.15, 0.2) is 27.7 Å². The van der Waals surface area contributed by atoms with Crippen LogP contribution in [0.3, 0.4) is 0 Å². The highest BCUT2D eigenvalue weighted by atomic mass is 19.1. The van der Waals surface area contributed by atoms with Crippen LogP contribution in [0.1, 0.15) is 31.5 Å². The second-order valence-corrected chi connectivity index (χ2v) is 6.77. The summed E-state index contributed by atoms with van der Waals surface area (Å²) in [4.78, 5) is 10.7. The van der Waals surface area contributed by atoms with E-state index in [2.05, 4.69) is 25.8 Å². The minimum Gasteiger partial charge on any atom is -0.367 e. The number of benzene rings is 1. The van der Waals surface area contributed by atoms with Crippen LogP contribution in [-0.2, 0) is 6.42 Å². The Bertz CT molecular complexity index is 809. The van der Waals surface area contributed by atoms with Crippen LogP contribution in [0.5, 0.6) is 0 Å². The molecule has 0 spiro atoms. The highest BCUT2D eigenvalue weighted by Crippen LogP contribution is 2.24. The van der Waals surface area contributed by atoms with Crippen LogP contribution < -0.4 is 15.5 Å². The fourth-order valence-electron chi connectivity index (χ4n) is 3.21. The van der Waals surface area contributed by atoms with Gasteiger partial charge in [-0.1, -0.05) is 5.16 Å². The van der Waals surface area contributed by atoms with Gasteiger partial charge >= 0.3 is 0 Å². The number of aliphatic imine (C=N–C) groups is 1. The lowest BCUT2D eigenvalue weighted by atomic mass is 10.2. The fourth-order valence-corrected chi connectivity index (χ4v) is 3.21. The Balaban J connectivity index is 1.51. The summed E-state index contributed by atoms with van der Waals surface area (Å²) < 4.78 is 32.2. The molecule has 2 N–H and O–H groups in total. The number of guanidine groups is 1. The van der Waals surface area contributed by atoms with E-state index < -0.39 is 11.6 Å². The van der Waals surface area contributed by atoms with E-state index in [1.165, 1.54) is 12.1 Å².